The van der Waals surface area contributed by atoms with E-state index in [1.165, 1.54) is 5.56 Å². The van der Waals surface area contributed by atoms with Gasteiger partial charge in [0.1, 0.15) is 0 Å². The van der Waals surface area contributed by atoms with Crippen molar-refractivity contribution in [3.05, 3.63) is 59.7 Å². The van der Waals surface area contributed by atoms with Crippen LogP contribution in [0.1, 0.15) is 11.1 Å². The molecule has 3 rings (SSSR count). The minimum atomic E-state index is -0.156. The highest BCUT2D eigenvalue weighted by atomic mass is 16.7. The number of nitrogens with two attached hydrogens (primary N) is 1. The summed E-state index contributed by atoms with van der Waals surface area (Å²) in [5.74, 6) is 1.79. The van der Waals surface area contributed by atoms with Crippen molar-refractivity contribution in [1.29, 1.82) is 5.41 Å². The molecule has 2 aromatic rings. The third kappa shape index (κ3) is 4.87. The lowest BCUT2D eigenvalue weighted by Gasteiger charge is -2.11. The second-order valence-corrected chi connectivity index (χ2v) is 5.55. The average molecular weight is 339 g/mol. The molecule has 0 aromatic heterocycles. The van der Waals surface area contributed by atoms with Gasteiger partial charge >= 0.3 is 0 Å². The van der Waals surface area contributed by atoms with Crippen molar-refractivity contribution in [2.45, 2.75) is 13.0 Å². The first kappa shape index (κ1) is 16.6. The SMILES string of the molecule is N=C(N)NC(=NCc1ccc2c(c1)OCO2)NCCc1ccccc1. The Hall–Kier alpha value is -3.22. The fraction of sp³-hybridized carbons (Fsp3) is 0.222. The summed E-state index contributed by atoms with van der Waals surface area (Å²) in [4.78, 5) is 4.47. The molecular formula is C18H21N5O2. The molecule has 25 heavy (non-hydrogen) atoms. The Morgan fingerprint density at radius 3 is 2.68 bits per heavy atom. The van der Waals surface area contributed by atoms with E-state index in [1.54, 1.807) is 0 Å². The van der Waals surface area contributed by atoms with Crippen LogP contribution in [-0.4, -0.2) is 25.3 Å². The van der Waals surface area contributed by atoms with Gasteiger partial charge in [0.15, 0.2) is 23.4 Å². The van der Waals surface area contributed by atoms with Gasteiger partial charge in [-0.1, -0.05) is 36.4 Å². The maximum Gasteiger partial charge on any atom is 0.231 e. The van der Waals surface area contributed by atoms with Gasteiger partial charge in [0.25, 0.3) is 0 Å². The zero-order chi connectivity index (χ0) is 17.5. The Morgan fingerprint density at radius 2 is 1.88 bits per heavy atom. The van der Waals surface area contributed by atoms with Gasteiger partial charge in [-0.05, 0) is 29.7 Å². The first-order chi connectivity index (χ1) is 12.2. The summed E-state index contributed by atoms with van der Waals surface area (Å²) in [6, 6.07) is 15.9. The number of rotatable bonds is 5. The van der Waals surface area contributed by atoms with Gasteiger partial charge in [-0.15, -0.1) is 0 Å². The van der Waals surface area contributed by atoms with Crippen LogP contribution in [0.25, 0.3) is 0 Å². The summed E-state index contributed by atoms with van der Waals surface area (Å²) in [5.41, 5.74) is 7.65. The quantitative estimate of drug-likeness (QED) is 0.489. The average Bonchev–Trinajstić information content (AvgIpc) is 3.08. The lowest BCUT2D eigenvalue weighted by molar-refractivity contribution is 0.174. The van der Waals surface area contributed by atoms with Crippen molar-refractivity contribution >= 4 is 11.9 Å². The van der Waals surface area contributed by atoms with E-state index in [1.807, 2.05) is 36.4 Å². The molecule has 1 aliphatic heterocycles. The Bertz CT molecular complexity index is 761. The van der Waals surface area contributed by atoms with E-state index in [0.29, 0.717) is 19.0 Å². The van der Waals surface area contributed by atoms with Crippen LogP contribution in [0, 0.1) is 5.41 Å². The van der Waals surface area contributed by atoms with Crippen LogP contribution in [0.2, 0.25) is 0 Å². The fourth-order valence-electron chi connectivity index (χ4n) is 2.45. The Kier molecular flexibility index (Phi) is 5.36. The van der Waals surface area contributed by atoms with Crippen LogP contribution < -0.4 is 25.8 Å². The summed E-state index contributed by atoms with van der Waals surface area (Å²) >= 11 is 0. The van der Waals surface area contributed by atoms with Gasteiger partial charge in [0, 0.05) is 6.54 Å². The van der Waals surface area contributed by atoms with E-state index in [0.717, 1.165) is 23.5 Å². The number of hydrogen-bond acceptors (Lipinski definition) is 4. The van der Waals surface area contributed by atoms with E-state index in [-0.39, 0.29) is 12.8 Å². The molecule has 0 saturated carbocycles. The highest BCUT2D eigenvalue weighted by Crippen LogP contribution is 2.32. The highest BCUT2D eigenvalue weighted by molar-refractivity contribution is 5.96. The summed E-state index contributed by atoms with van der Waals surface area (Å²) in [6.45, 7) is 1.37. The Morgan fingerprint density at radius 1 is 1.08 bits per heavy atom. The van der Waals surface area contributed by atoms with Crippen molar-refractivity contribution in [2.75, 3.05) is 13.3 Å². The van der Waals surface area contributed by atoms with Gasteiger partial charge in [0.2, 0.25) is 6.79 Å². The predicted octanol–water partition coefficient (Wildman–Crippen LogP) is 1.59. The zero-order valence-electron chi connectivity index (χ0n) is 13.8. The zero-order valence-corrected chi connectivity index (χ0v) is 13.8. The minimum absolute atomic E-state index is 0.156. The molecular weight excluding hydrogens is 318 g/mol. The summed E-state index contributed by atoms with van der Waals surface area (Å²) in [6.07, 6.45) is 0.851. The summed E-state index contributed by atoms with van der Waals surface area (Å²) in [7, 11) is 0. The molecule has 2 aromatic carbocycles. The summed E-state index contributed by atoms with van der Waals surface area (Å²) in [5, 5.41) is 13.3. The van der Waals surface area contributed by atoms with E-state index < -0.39 is 0 Å². The molecule has 130 valence electrons. The van der Waals surface area contributed by atoms with E-state index in [9.17, 15) is 0 Å². The van der Waals surface area contributed by atoms with Gasteiger partial charge < -0.3 is 20.5 Å². The topological polar surface area (TPSA) is 105 Å². The number of hydrogen-bond donors (Lipinski definition) is 4. The molecule has 7 nitrogen and oxygen atoms in total. The molecule has 0 spiro atoms. The van der Waals surface area contributed by atoms with E-state index in [4.69, 9.17) is 20.6 Å². The lowest BCUT2D eigenvalue weighted by atomic mass is 10.1. The molecule has 0 saturated heterocycles. The van der Waals surface area contributed by atoms with Gasteiger partial charge in [-0.2, -0.15) is 0 Å². The number of ether oxygens (including phenoxy) is 2. The Labute approximate surface area is 146 Å². The second-order valence-electron chi connectivity index (χ2n) is 5.55. The normalized spacial score (nSPS) is 12.7. The number of benzene rings is 2. The molecule has 7 heteroatoms. The fourth-order valence-corrected chi connectivity index (χ4v) is 2.45. The number of guanidine groups is 2. The van der Waals surface area contributed by atoms with Crippen molar-refractivity contribution < 1.29 is 9.47 Å². The van der Waals surface area contributed by atoms with Crippen molar-refractivity contribution in [1.82, 2.24) is 10.6 Å². The molecule has 1 aliphatic rings. The molecule has 0 atom stereocenters. The van der Waals surface area contributed by atoms with Crippen molar-refractivity contribution in [3.8, 4) is 11.5 Å². The third-order valence-corrected chi connectivity index (χ3v) is 3.66. The first-order valence-corrected chi connectivity index (χ1v) is 8.02. The van der Waals surface area contributed by atoms with Crippen LogP contribution in [0.5, 0.6) is 11.5 Å². The minimum Gasteiger partial charge on any atom is -0.454 e. The van der Waals surface area contributed by atoms with Gasteiger partial charge in [0.05, 0.1) is 6.54 Å². The maximum absolute atomic E-state index is 7.42. The number of nitrogens with one attached hydrogen (secondary N) is 3. The lowest BCUT2D eigenvalue weighted by Crippen LogP contribution is -2.44. The highest BCUT2D eigenvalue weighted by Gasteiger charge is 2.13. The van der Waals surface area contributed by atoms with Crippen LogP contribution >= 0.6 is 0 Å². The van der Waals surface area contributed by atoms with Gasteiger partial charge in [-0.25, -0.2) is 4.99 Å². The Balaban J connectivity index is 1.59. The number of fused-ring (bicyclic) bond motifs is 1. The van der Waals surface area contributed by atoms with Crippen LogP contribution in [0.4, 0.5) is 0 Å². The molecule has 5 N–H and O–H groups in total. The summed E-state index contributed by atoms with van der Waals surface area (Å²) < 4.78 is 10.7. The van der Waals surface area contributed by atoms with E-state index >= 15 is 0 Å². The van der Waals surface area contributed by atoms with Crippen molar-refractivity contribution in [3.63, 3.8) is 0 Å². The van der Waals surface area contributed by atoms with Crippen LogP contribution in [0.3, 0.4) is 0 Å². The van der Waals surface area contributed by atoms with Crippen LogP contribution in [0.15, 0.2) is 53.5 Å². The first-order valence-electron chi connectivity index (χ1n) is 8.02. The second kappa shape index (κ2) is 8.05. The molecule has 0 unspecified atom stereocenters. The number of nitrogens with zero attached hydrogens (tertiary/aromatic N) is 1. The molecule has 1 heterocycles. The monoisotopic (exact) mass is 339 g/mol. The number of aliphatic imine (C=N–C) groups is 1. The smallest absolute Gasteiger partial charge is 0.231 e. The molecule has 0 radical (unpaired) electrons. The molecule has 0 aliphatic carbocycles. The molecule has 0 bridgehead atoms. The van der Waals surface area contributed by atoms with Gasteiger partial charge in [-0.3, -0.25) is 10.7 Å². The van der Waals surface area contributed by atoms with Crippen LogP contribution in [-0.2, 0) is 13.0 Å². The van der Waals surface area contributed by atoms with E-state index in [2.05, 4.69) is 27.8 Å². The largest absolute Gasteiger partial charge is 0.454 e. The maximum atomic E-state index is 7.42. The molecule has 0 fully saturated rings. The molecule has 0 amide bonds. The third-order valence-electron chi connectivity index (χ3n) is 3.66. The standard InChI is InChI=1S/C18H21N5O2/c19-17(20)23-18(21-9-8-13-4-2-1-3-5-13)22-11-14-6-7-15-16(10-14)25-12-24-15/h1-7,10H,8-9,11-12H2,(H5,19,20,21,22,23). The van der Waals surface area contributed by atoms with Crippen molar-refractivity contribution in [2.24, 2.45) is 10.7 Å². The predicted molar refractivity (Wildman–Crippen MR) is 96.9 cm³/mol.